The highest BCUT2D eigenvalue weighted by molar-refractivity contribution is 5.26. The maximum Gasteiger partial charge on any atom is 0.123 e. The summed E-state index contributed by atoms with van der Waals surface area (Å²) in [6.45, 7) is 5.59. The molecule has 1 aliphatic carbocycles. The van der Waals surface area contributed by atoms with Gasteiger partial charge in [-0.25, -0.2) is 4.39 Å². The highest BCUT2D eigenvalue weighted by atomic mass is 19.1. The summed E-state index contributed by atoms with van der Waals surface area (Å²) in [6, 6.07) is 5.52. The van der Waals surface area contributed by atoms with E-state index in [2.05, 4.69) is 5.32 Å². The maximum absolute atomic E-state index is 12.9. The molecular formula is C14H20FNO. The quantitative estimate of drug-likeness (QED) is 0.850. The Morgan fingerprint density at radius 2 is 2.18 bits per heavy atom. The average Bonchev–Trinajstić information content (AvgIpc) is 2.23. The number of hydrogen-bond acceptors (Lipinski definition) is 2. The molecule has 0 unspecified atom stereocenters. The van der Waals surface area contributed by atoms with Gasteiger partial charge in [0.05, 0.1) is 6.10 Å². The topological polar surface area (TPSA) is 21.3 Å². The summed E-state index contributed by atoms with van der Waals surface area (Å²) in [5.41, 5.74) is 2.18. The van der Waals surface area contributed by atoms with Crippen LogP contribution in [0.1, 0.15) is 30.9 Å². The van der Waals surface area contributed by atoms with E-state index in [0.29, 0.717) is 12.1 Å². The number of aryl methyl sites for hydroxylation is 1. The van der Waals surface area contributed by atoms with E-state index in [4.69, 9.17) is 4.74 Å². The first kappa shape index (κ1) is 12.5. The number of ether oxygens (including phenoxy) is 1. The van der Waals surface area contributed by atoms with Crippen molar-refractivity contribution in [3.8, 4) is 0 Å². The van der Waals surface area contributed by atoms with Gasteiger partial charge in [0.1, 0.15) is 5.82 Å². The van der Waals surface area contributed by atoms with E-state index in [1.807, 2.05) is 19.9 Å². The van der Waals surface area contributed by atoms with Gasteiger partial charge in [0.15, 0.2) is 0 Å². The van der Waals surface area contributed by atoms with Gasteiger partial charge < -0.3 is 10.1 Å². The zero-order valence-corrected chi connectivity index (χ0v) is 10.5. The Bertz CT molecular complexity index is 374. The van der Waals surface area contributed by atoms with Crippen LogP contribution in [0, 0.1) is 12.7 Å². The van der Waals surface area contributed by atoms with Crippen LogP contribution in [0.25, 0.3) is 0 Å². The number of benzene rings is 1. The lowest BCUT2D eigenvalue weighted by molar-refractivity contribution is -0.0102. The third kappa shape index (κ3) is 3.27. The fourth-order valence-corrected chi connectivity index (χ4v) is 2.22. The van der Waals surface area contributed by atoms with Gasteiger partial charge in [-0.2, -0.15) is 0 Å². The van der Waals surface area contributed by atoms with Crippen molar-refractivity contribution in [3.05, 3.63) is 35.1 Å². The fraction of sp³-hybridized carbons (Fsp3) is 0.571. The van der Waals surface area contributed by atoms with E-state index in [0.717, 1.165) is 31.6 Å². The Balaban J connectivity index is 1.76. The van der Waals surface area contributed by atoms with Crippen LogP contribution in [-0.4, -0.2) is 18.8 Å². The molecule has 1 fully saturated rings. The number of hydrogen-bond donors (Lipinski definition) is 1. The van der Waals surface area contributed by atoms with Crippen molar-refractivity contribution in [2.24, 2.45) is 0 Å². The lowest BCUT2D eigenvalue weighted by atomic mass is 9.89. The molecule has 3 heteroatoms. The first-order chi connectivity index (χ1) is 8.19. The Kier molecular flexibility index (Phi) is 4.13. The van der Waals surface area contributed by atoms with Crippen LogP contribution >= 0.6 is 0 Å². The lowest BCUT2D eigenvalue weighted by Crippen LogP contribution is -2.45. The molecule has 1 aromatic rings. The molecule has 0 radical (unpaired) electrons. The molecule has 0 aromatic heterocycles. The van der Waals surface area contributed by atoms with Crippen LogP contribution in [0.5, 0.6) is 0 Å². The fourth-order valence-electron chi connectivity index (χ4n) is 2.22. The summed E-state index contributed by atoms with van der Waals surface area (Å²) < 4.78 is 18.4. The minimum absolute atomic E-state index is 0.161. The second-order valence-corrected chi connectivity index (χ2v) is 4.70. The number of halogens is 1. The van der Waals surface area contributed by atoms with Crippen LogP contribution in [0.2, 0.25) is 0 Å². The molecular weight excluding hydrogens is 217 g/mol. The SMILES string of the molecule is CCOC1CC(NCc2ccc(F)cc2C)C1. The van der Waals surface area contributed by atoms with Gasteiger partial charge in [0.2, 0.25) is 0 Å². The molecule has 1 saturated carbocycles. The number of nitrogens with one attached hydrogen (secondary N) is 1. The summed E-state index contributed by atoms with van der Waals surface area (Å²) in [5, 5.41) is 3.48. The summed E-state index contributed by atoms with van der Waals surface area (Å²) in [5.74, 6) is -0.161. The molecule has 0 aliphatic heterocycles. The molecule has 2 rings (SSSR count). The molecule has 94 valence electrons. The predicted octanol–water partition coefficient (Wildman–Crippen LogP) is 2.79. The second kappa shape index (κ2) is 5.61. The minimum atomic E-state index is -0.161. The molecule has 0 spiro atoms. The summed E-state index contributed by atoms with van der Waals surface area (Å²) >= 11 is 0. The first-order valence-electron chi connectivity index (χ1n) is 6.29. The summed E-state index contributed by atoms with van der Waals surface area (Å²) in [4.78, 5) is 0. The second-order valence-electron chi connectivity index (χ2n) is 4.70. The van der Waals surface area contributed by atoms with Gasteiger partial charge in [0, 0.05) is 19.2 Å². The van der Waals surface area contributed by atoms with Gasteiger partial charge in [-0.15, -0.1) is 0 Å². The standard InChI is InChI=1S/C14H20FNO/c1-3-17-14-7-13(8-14)16-9-11-4-5-12(15)6-10(11)2/h4-6,13-14,16H,3,7-9H2,1-2H3. The van der Waals surface area contributed by atoms with Crippen LogP contribution in [0.4, 0.5) is 4.39 Å². The van der Waals surface area contributed by atoms with Crippen molar-refractivity contribution in [1.29, 1.82) is 0 Å². The van der Waals surface area contributed by atoms with E-state index in [1.165, 1.54) is 11.6 Å². The van der Waals surface area contributed by atoms with Crippen LogP contribution in [-0.2, 0) is 11.3 Å². The largest absolute Gasteiger partial charge is 0.378 e. The first-order valence-corrected chi connectivity index (χ1v) is 6.29. The normalized spacial score (nSPS) is 23.5. The van der Waals surface area contributed by atoms with E-state index in [9.17, 15) is 4.39 Å². The molecule has 0 saturated heterocycles. The monoisotopic (exact) mass is 237 g/mol. The molecule has 1 aliphatic rings. The predicted molar refractivity (Wildman–Crippen MR) is 66.4 cm³/mol. The molecule has 0 heterocycles. The van der Waals surface area contributed by atoms with Crippen molar-refractivity contribution < 1.29 is 9.13 Å². The maximum atomic E-state index is 12.9. The van der Waals surface area contributed by atoms with Crippen LogP contribution in [0.15, 0.2) is 18.2 Å². The molecule has 0 bridgehead atoms. The zero-order chi connectivity index (χ0) is 12.3. The molecule has 1 N–H and O–H groups in total. The van der Waals surface area contributed by atoms with Crippen LogP contribution in [0.3, 0.4) is 0 Å². The van der Waals surface area contributed by atoms with Gasteiger partial charge in [0.25, 0.3) is 0 Å². The third-order valence-electron chi connectivity index (χ3n) is 3.38. The molecule has 2 nitrogen and oxygen atoms in total. The van der Waals surface area contributed by atoms with Crippen molar-refractivity contribution in [1.82, 2.24) is 5.32 Å². The average molecular weight is 237 g/mol. The third-order valence-corrected chi connectivity index (χ3v) is 3.38. The molecule has 17 heavy (non-hydrogen) atoms. The van der Waals surface area contributed by atoms with E-state index >= 15 is 0 Å². The van der Waals surface area contributed by atoms with Crippen molar-refractivity contribution in [3.63, 3.8) is 0 Å². The van der Waals surface area contributed by atoms with Crippen molar-refractivity contribution in [2.75, 3.05) is 6.61 Å². The van der Waals surface area contributed by atoms with Crippen molar-refractivity contribution in [2.45, 2.75) is 45.4 Å². The smallest absolute Gasteiger partial charge is 0.123 e. The molecule has 1 aromatic carbocycles. The number of rotatable bonds is 5. The summed E-state index contributed by atoms with van der Waals surface area (Å²) in [7, 11) is 0. The van der Waals surface area contributed by atoms with E-state index in [-0.39, 0.29) is 5.82 Å². The highest BCUT2D eigenvalue weighted by Crippen LogP contribution is 2.23. The van der Waals surface area contributed by atoms with Gasteiger partial charge >= 0.3 is 0 Å². The summed E-state index contributed by atoms with van der Waals surface area (Å²) in [6.07, 6.45) is 2.62. The molecule has 0 atom stereocenters. The van der Waals surface area contributed by atoms with Crippen molar-refractivity contribution >= 4 is 0 Å². The highest BCUT2D eigenvalue weighted by Gasteiger charge is 2.28. The van der Waals surface area contributed by atoms with Gasteiger partial charge in [-0.3, -0.25) is 0 Å². The van der Waals surface area contributed by atoms with Crippen LogP contribution < -0.4 is 5.32 Å². The van der Waals surface area contributed by atoms with E-state index in [1.54, 1.807) is 6.07 Å². The Labute approximate surface area is 102 Å². The van der Waals surface area contributed by atoms with Gasteiger partial charge in [-0.05, 0) is 49.9 Å². The Hall–Kier alpha value is -0.930. The van der Waals surface area contributed by atoms with E-state index < -0.39 is 0 Å². The van der Waals surface area contributed by atoms with Gasteiger partial charge in [-0.1, -0.05) is 6.07 Å². The Morgan fingerprint density at radius 3 is 2.82 bits per heavy atom. The minimum Gasteiger partial charge on any atom is -0.378 e. The lowest BCUT2D eigenvalue weighted by Gasteiger charge is -2.35. The molecule has 0 amide bonds. The zero-order valence-electron chi connectivity index (χ0n) is 10.5. The Morgan fingerprint density at radius 1 is 1.41 bits per heavy atom.